The van der Waals surface area contributed by atoms with Crippen LogP contribution in [0.3, 0.4) is 0 Å². The van der Waals surface area contributed by atoms with E-state index in [-0.39, 0.29) is 11.4 Å². The van der Waals surface area contributed by atoms with Crippen LogP contribution in [-0.4, -0.2) is 41.5 Å². The molecule has 1 rings (SSSR count). The van der Waals surface area contributed by atoms with Crippen LogP contribution in [0.15, 0.2) is 29.4 Å². The molecule has 1 aromatic rings. The Labute approximate surface area is 102 Å². The third-order valence-electron chi connectivity index (χ3n) is 2.19. The highest BCUT2D eigenvalue weighted by molar-refractivity contribution is 7.89. The Morgan fingerprint density at radius 1 is 1.47 bits per heavy atom. The minimum absolute atomic E-state index is 0.0563. The Morgan fingerprint density at radius 3 is 2.53 bits per heavy atom. The van der Waals surface area contributed by atoms with Gasteiger partial charge in [0, 0.05) is 25.5 Å². The first-order valence-electron chi connectivity index (χ1n) is 5.40. The summed E-state index contributed by atoms with van der Waals surface area (Å²) in [7, 11) is -3.57. The van der Waals surface area contributed by atoms with Crippen molar-refractivity contribution in [2.24, 2.45) is 0 Å². The molecule has 5 nitrogen and oxygen atoms in total. The molecule has 0 saturated carbocycles. The lowest BCUT2D eigenvalue weighted by atomic mass is 10.1. The number of likely N-dealkylation sites (N-methyl/N-ethyl adjacent to an activating group) is 1. The second kappa shape index (κ2) is 5.12. The largest absolute Gasteiger partial charge is 0.389 e. The minimum Gasteiger partial charge on any atom is -0.389 e. The summed E-state index contributed by atoms with van der Waals surface area (Å²) in [6, 6.07) is 3.07. The van der Waals surface area contributed by atoms with Gasteiger partial charge in [0.1, 0.15) is 4.90 Å². The predicted octanol–water partition coefficient (Wildman–Crippen LogP) is 0.863. The topological polar surface area (TPSA) is 70.5 Å². The van der Waals surface area contributed by atoms with Gasteiger partial charge in [0.15, 0.2) is 0 Å². The van der Waals surface area contributed by atoms with E-state index in [9.17, 15) is 13.5 Å². The molecule has 1 N–H and O–H groups in total. The molecule has 0 amide bonds. The van der Waals surface area contributed by atoms with Gasteiger partial charge in [-0.15, -0.1) is 0 Å². The molecule has 0 aromatic carbocycles. The van der Waals surface area contributed by atoms with Gasteiger partial charge in [0.25, 0.3) is 0 Å². The van der Waals surface area contributed by atoms with Gasteiger partial charge in [-0.05, 0) is 26.0 Å². The van der Waals surface area contributed by atoms with Crippen LogP contribution < -0.4 is 0 Å². The first-order chi connectivity index (χ1) is 7.77. The predicted molar refractivity (Wildman–Crippen MR) is 65.0 cm³/mol. The molecule has 0 bridgehead atoms. The van der Waals surface area contributed by atoms with Gasteiger partial charge in [0.2, 0.25) is 10.0 Å². The molecule has 17 heavy (non-hydrogen) atoms. The van der Waals surface area contributed by atoms with Crippen LogP contribution in [0.4, 0.5) is 0 Å². The zero-order chi connectivity index (χ0) is 13.1. The molecule has 0 aliphatic heterocycles. The Hall–Kier alpha value is -0.980. The molecule has 1 aromatic heterocycles. The van der Waals surface area contributed by atoms with E-state index in [0.29, 0.717) is 6.54 Å². The molecule has 0 radical (unpaired) electrons. The highest BCUT2D eigenvalue weighted by Crippen LogP contribution is 2.16. The highest BCUT2D eigenvalue weighted by atomic mass is 32.2. The molecule has 96 valence electrons. The standard InChI is InChI=1S/C11H18N2O3S/c1-4-13(9-11(2,3)14)17(15,16)10-6-5-7-12-8-10/h5-8,14H,4,9H2,1-3H3. The monoisotopic (exact) mass is 258 g/mol. The van der Waals surface area contributed by atoms with Gasteiger partial charge >= 0.3 is 0 Å². The van der Waals surface area contributed by atoms with Crippen molar-refractivity contribution < 1.29 is 13.5 Å². The number of pyridine rings is 1. The first-order valence-corrected chi connectivity index (χ1v) is 6.84. The van der Waals surface area contributed by atoms with Crippen molar-refractivity contribution in [1.29, 1.82) is 0 Å². The maximum atomic E-state index is 12.2. The molecule has 0 saturated heterocycles. The van der Waals surface area contributed by atoms with Gasteiger partial charge in [-0.3, -0.25) is 4.98 Å². The van der Waals surface area contributed by atoms with Crippen LogP contribution in [-0.2, 0) is 10.0 Å². The fourth-order valence-corrected chi connectivity index (χ4v) is 3.02. The van der Waals surface area contributed by atoms with Crippen LogP contribution in [0.1, 0.15) is 20.8 Å². The summed E-state index contributed by atoms with van der Waals surface area (Å²) < 4.78 is 25.7. The summed E-state index contributed by atoms with van der Waals surface area (Å²) in [5, 5.41) is 9.71. The molecular weight excluding hydrogens is 240 g/mol. The maximum Gasteiger partial charge on any atom is 0.244 e. The van der Waals surface area contributed by atoms with Gasteiger partial charge in [-0.1, -0.05) is 6.92 Å². The number of rotatable bonds is 5. The zero-order valence-corrected chi connectivity index (χ0v) is 11.1. The van der Waals surface area contributed by atoms with E-state index in [1.807, 2.05) is 0 Å². The van der Waals surface area contributed by atoms with Crippen LogP contribution in [0.25, 0.3) is 0 Å². The average Bonchev–Trinajstić information content (AvgIpc) is 2.25. The molecule has 0 aliphatic carbocycles. The number of aromatic nitrogens is 1. The number of hydrogen-bond acceptors (Lipinski definition) is 4. The van der Waals surface area contributed by atoms with Crippen molar-refractivity contribution in [2.45, 2.75) is 31.3 Å². The summed E-state index contributed by atoms with van der Waals surface area (Å²) >= 11 is 0. The normalized spacial score (nSPS) is 13.0. The molecule has 0 fully saturated rings. The van der Waals surface area contributed by atoms with Crippen LogP contribution >= 0.6 is 0 Å². The quantitative estimate of drug-likeness (QED) is 0.850. The van der Waals surface area contributed by atoms with Crippen molar-refractivity contribution >= 4 is 10.0 Å². The Balaban J connectivity index is 3.04. The highest BCUT2D eigenvalue weighted by Gasteiger charge is 2.28. The van der Waals surface area contributed by atoms with E-state index < -0.39 is 15.6 Å². The number of nitrogens with zero attached hydrogens (tertiary/aromatic N) is 2. The summed E-state index contributed by atoms with van der Waals surface area (Å²) in [5.74, 6) is 0. The van der Waals surface area contributed by atoms with E-state index in [4.69, 9.17) is 0 Å². The zero-order valence-electron chi connectivity index (χ0n) is 10.3. The van der Waals surface area contributed by atoms with Crippen molar-refractivity contribution in [3.63, 3.8) is 0 Å². The van der Waals surface area contributed by atoms with E-state index in [1.165, 1.54) is 22.8 Å². The summed E-state index contributed by atoms with van der Waals surface area (Å²) in [6.07, 6.45) is 2.83. The summed E-state index contributed by atoms with van der Waals surface area (Å²) in [6.45, 7) is 5.25. The number of aliphatic hydroxyl groups is 1. The van der Waals surface area contributed by atoms with E-state index in [2.05, 4.69) is 4.98 Å². The Morgan fingerprint density at radius 2 is 2.12 bits per heavy atom. The molecule has 0 aliphatic rings. The molecule has 0 atom stereocenters. The van der Waals surface area contributed by atoms with Gasteiger partial charge in [0.05, 0.1) is 5.60 Å². The van der Waals surface area contributed by atoms with Gasteiger partial charge in [-0.2, -0.15) is 4.31 Å². The smallest absolute Gasteiger partial charge is 0.244 e. The third kappa shape index (κ3) is 3.76. The van der Waals surface area contributed by atoms with Crippen molar-refractivity contribution in [2.75, 3.05) is 13.1 Å². The van der Waals surface area contributed by atoms with E-state index in [0.717, 1.165) is 0 Å². The van der Waals surface area contributed by atoms with Crippen molar-refractivity contribution in [3.05, 3.63) is 24.5 Å². The Kier molecular flexibility index (Phi) is 4.24. The van der Waals surface area contributed by atoms with Crippen molar-refractivity contribution in [1.82, 2.24) is 9.29 Å². The SMILES string of the molecule is CCN(CC(C)(C)O)S(=O)(=O)c1cccnc1. The van der Waals surface area contributed by atoms with Gasteiger partial charge in [-0.25, -0.2) is 8.42 Å². The van der Waals surface area contributed by atoms with E-state index in [1.54, 1.807) is 26.8 Å². The summed E-state index contributed by atoms with van der Waals surface area (Å²) in [4.78, 5) is 3.94. The lowest BCUT2D eigenvalue weighted by molar-refractivity contribution is 0.0601. The average molecular weight is 258 g/mol. The fraction of sp³-hybridized carbons (Fsp3) is 0.545. The molecule has 1 heterocycles. The second-order valence-corrected chi connectivity index (χ2v) is 6.37. The van der Waals surface area contributed by atoms with Crippen molar-refractivity contribution in [3.8, 4) is 0 Å². The lowest BCUT2D eigenvalue weighted by Crippen LogP contribution is -2.42. The van der Waals surface area contributed by atoms with Crippen LogP contribution in [0.2, 0.25) is 0 Å². The van der Waals surface area contributed by atoms with Crippen LogP contribution in [0, 0.1) is 0 Å². The minimum atomic E-state index is -3.57. The summed E-state index contributed by atoms with van der Waals surface area (Å²) in [5.41, 5.74) is -1.06. The molecule has 6 heteroatoms. The maximum absolute atomic E-state index is 12.2. The third-order valence-corrected chi connectivity index (χ3v) is 4.09. The number of hydrogen-bond donors (Lipinski definition) is 1. The molecule has 0 unspecified atom stereocenters. The molecular formula is C11H18N2O3S. The fourth-order valence-electron chi connectivity index (χ4n) is 1.45. The van der Waals surface area contributed by atoms with Crippen LogP contribution in [0.5, 0.6) is 0 Å². The van der Waals surface area contributed by atoms with E-state index >= 15 is 0 Å². The second-order valence-electron chi connectivity index (χ2n) is 4.43. The number of sulfonamides is 1. The molecule has 0 spiro atoms. The Bertz CT molecular complexity index is 451. The lowest BCUT2D eigenvalue weighted by Gasteiger charge is -2.27. The van der Waals surface area contributed by atoms with Gasteiger partial charge < -0.3 is 5.11 Å². The first kappa shape index (κ1) is 14.1.